The van der Waals surface area contributed by atoms with Crippen molar-refractivity contribution in [3.63, 3.8) is 0 Å². The van der Waals surface area contributed by atoms with Gasteiger partial charge in [-0.1, -0.05) is 0 Å². The van der Waals surface area contributed by atoms with Gasteiger partial charge < -0.3 is 9.73 Å². The maximum atomic E-state index is 11.6. The fraction of sp³-hybridized carbons (Fsp3) is 0.250. The van der Waals surface area contributed by atoms with E-state index in [9.17, 15) is 4.79 Å². The highest BCUT2D eigenvalue weighted by Gasteiger charge is 2.04. The highest BCUT2D eigenvalue weighted by atomic mass is 79.9. The number of aryl methyl sites for hydroxylation is 1. The average Bonchev–Trinajstić information content (AvgIpc) is 2.95. The van der Waals surface area contributed by atoms with Crippen LogP contribution in [0.1, 0.15) is 17.1 Å². The summed E-state index contributed by atoms with van der Waals surface area (Å²) in [7, 11) is 0. The Hall–Kier alpha value is -1.07. The molecule has 17 heavy (non-hydrogen) atoms. The number of rotatable bonds is 5. The van der Waals surface area contributed by atoms with Gasteiger partial charge in [-0.3, -0.25) is 4.79 Å². The van der Waals surface area contributed by atoms with Gasteiger partial charge in [0.15, 0.2) is 0 Å². The molecule has 0 atom stereocenters. The largest absolute Gasteiger partial charge is 0.469 e. The van der Waals surface area contributed by atoms with Crippen LogP contribution in [-0.2, 0) is 17.8 Å². The molecule has 0 aliphatic carbocycles. The molecule has 1 amide bonds. The topological polar surface area (TPSA) is 42.2 Å². The third-order valence-corrected chi connectivity index (χ3v) is 3.96. The Balaban J connectivity index is 1.71. The van der Waals surface area contributed by atoms with E-state index in [-0.39, 0.29) is 5.91 Å². The Morgan fingerprint density at radius 3 is 3.06 bits per heavy atom. The van der Waals surface area contributed by atoms with Crippen LogP contribution in [0.5, 0.6) is 0 Å². The minimum atomic E-state index is 0.0472. The molecule has 2 rings (SSSR count). The summed E-state index contributed by atoms with van der Waals surface area (Å²) in [5.74, 6) is 0.893. The molecule has 0 aliphatic rings. The Morgan fingerprint density at radius 2 is 2.41 bits per heavy atom. The first kappa shape index (κ1) is 12.4. The van der Waals surface area contributed by atoms with Crippen LogP contribution in [-0.4, -0.2) is 5.91 Å². The van der Waals surface area contributed by atoms with Gasteiger partial charge in [-0.2, -0.15) is 0 Å². The van der Waals surface area contributed by atoms with E-state index >= 15 is 0 Å². The Morgan fingerprint density at radius 1 is 1.53 bits per heavy atom. The molecule has 2 heterocycles. The number of thiophene rings is 1. The maximum absolute atomic E-state index is 11.6. The molecular formula is C12H12BrNO2S. The van der Waals surface area contributed by atoms with Crippen LogP contribution in [0, 0.1) is 0 Å². The minimum Gasteiger partial charge on any atom is -0.469 e. The molecule has 0 spiro atoms. The molecule has 0 radical (unpaired) electrons. The third kappa shape index (κ3) is 4.02. The quantitative estimate of drug-likeness (QED) is 0.919. The van der Waals surface area contributed by atoms with Crippen LogP contribution < -0.4 is 5.32 Å². The molecular weight excluding hydrogens is 302 g/mol. The lowest BCUT2D eigenvalue weighted by Crippen LogP contribution is -2.22. The smallest absolute Gasteiger partial charge is 0.220 e. The van der Waals surface area contributed by atoms with Crippen molar-refractivity contribution in [2.24, 2.45) is 0 Å². The number of halogens is 1. The number of hydrogen-bond donors (Lipinski definition) is 1. The maximum Gasteiger partial charge on any atom is 0.220 e. The number of carbonyl (C=O) groups excluding carboxylic acids is 1. The third-order valence-electron chi connectivity index (χ3n) is 2.26. The van der Waals surface area contributed by atoms with Crippen LogP contribution in [0.25, 0.3) is 0 Å². The van der Waals surface area contributed by atoms with Gasteiger partial charge in [-0.05, 0) is 34.1 Å². The van der Waals surface area contributed by atoms with E-state index in [1.54, 1.807) is 17.6 Å². The van der Waals surface area contributed by atoms with Gasteiger partial charge >= 0.3 is 0 Å². The standard InChI is InChI=1S/C12H12BrNO2S/c13-9-6-11(17-8-9)7-14-12(15)4-3-10-2-1-5-16-10/h1-2,5-6,8H,3-4,7H2,(H,14,15). The second-order valence-corrected chi connectivity index (χ2v) is 5.50. The van der Waals surface area contributed by atoms with E-state index in [4.69, 9.17) is 4.42 Å². The lowest BCUT2D eigenvalue weighted by Gasteiger charge is -2.02. The van der Waals surface area contributed by atoms with Crippen LogP contribution in [0.2, 0.25) is 0 Å². The number of furan rings is 1. The van der Waals surface area contributed by atoms with Crippen LogP contribution in [0.15, 0.2) is 38.7 Å². The normalized spacial score (nSPS) is 10.4. The van der Waals surface area contributed by atoms with Crippen molar-refractivity contribution in [1.82, 2.24) is 5.32 Å². The molecule has 0 aliphatic heterocycles. The first-order valence-electron chi connectivity index (χ1n) is 5.26. The molecule has 0 fully saturated rings. The number of hydrogen-bond acceptors (Lipinski definition) is 3. The Labute approximate surface area is 112 Å². The zero-order chi connectivity index (χ0) is 12.1. The zero-order valence-corrected chi connectivity index (χ0v) is 11.5. The van der Waals surface area contributed by atoms with E-state index in [1.807, 2.05) is 23.6 Å². The zero-order valence-electron chi connectivity index (χ0n) is 9.11. The fourth-order valence-corrected chi connectivity index (χ4v) is 2.80. The summed E-state index contributed by atoms with van der Waals surface area (Å²) >= 11 is 5.01. The summed E-state index contributed by atoms with van der Waals surface area (Å²) in [6, 6.07) is 5.72. The molecule has 3 nitrogen and oxygen atoms in total. The molecule has 0 saturated heterocycles. The minimum absolute atomic E-state index is 0.0472. The summed E-state index contributed by atoms with van der Waals surface area (Å²) in [5, 5.41) is 4.89. The number of nitrogens with one attached hydrogen (secondary N) is 1. The predicted octanol–water partition coefficient (Wildman–Crippen LogP) is 3.35. The Bertz CT molecular complexity index is 478. The van der Waals surface area contributed by atoms with Crippen molar-refractivity contribution in [3.8, 4) is 0 Å². The van der Waals surface area contributed by atoms with Crippen molar-refractivity contribution in [1.29, 1.82) is 0 Å². The van der Waals surface area contributed by atoms with E-state index in [2.05, 4.69) is 21.2 Å². The van der Waals surface area contributed by atoms with Gasteiger partial charge in [0.05, 0.1) is 12.8 Å². The number of carbonyl (C=O) groups is 1. The van der Waals surface area contributed by atoms with E-state index in [0.717, 1.165) is 15.1 Å². The molecule has 0 bridgehead atoms. The summed E-state index contributed by atoms with van der Waals surface area (Å²) in [5.41, 5.74) is 0. The van der Waals surface area contributed by atoms with Gasteiger partial charge in [-0.15, -0.1) is 11.3 Å². The lowest BCUT2D eigenvalue weighted by atomic mass is 10.2. The van der Waals surface area contributed by atoms with Crippen LogP contribution in [0.3, 0.4) is 0 Å². The monoisotopic (exact) mass is 313 g/mol. The summed E-state index contributed by atoms with van der Waals surface area (Å²) in [4.78, 5) is 12.7. The molecule has 90 valence electrons. The van der Waals surface area contributed by atoms with Gasteiger partial charge in [0.1, 0.15) is 5.76 Å². The van der Waals surface area contributed by atoms with Gasteiger partial charge in [0.25, 0.3) is 0 Å². The number of amides is 1. The van der Waals surface area contributed by atoms with Crippen LogP contribution in [0.4, 0.5) is 0 Å². The van der Waals surface area contributed by atoms with E-state index in [1.165, 1.54) is 0 Å². The van der Waals surface area contributed by atoms with Crippen molar-refractivity contribution in [2.75, 3.05) is 0 Å². The van der Waals surface area contributed by atoms with Crippen molar-refractivity contribution in [2.45, 2.75) is 19.4 Å². The van der Waals surface area contributed by atoms with Gasteiger partial charge in [0, 0.05) is 27.6 Å². The highest BCUT2D eigenvalue weighted by molar-refractivity contribution is 9.10. The summed E-state index contributed by atoms with van der Waals surface area (Å²) < 4.78 is 6.22. The summed E-state index contributed by atoms with van der Waals surface area (Å²) in [6.45, 7) is 0.591. The molecule has 2 aromatic rings. The average molecular weight is 314 g/mol. The van der Waals surface area contributed by atoms with Crippen LogP contribution >= 0.6 is 27.3 Å². The second-order valence-electron chi connectivity index (χ2n) is 3.59. The molecule has 0 saturated carbocycles. The molecule has 2 aromatic heterocycles. The van der Waals surface area contributed by atoms with Crippen molar-refractivity contribution >= 4 is 33.2 Å². The van der Waals surface area contributed by atoms with Crippen molar-refractivity contribution < 1.29 is 9.21 Å². The van der Waals surface area contributed by atoms with Gasteiger partial charge in [0.2, 0.25) is 5.91 Å². The first-order chi connectivity index (χ1) is 8.24. The molecule has 5 heteroatoms. The van der Waals surface area contributed by atoms with Gasteiger partial charge in [-0.25, -0.2) is 0 Å². The highest BCUT2D eigenvalue weighted by Crippen LogP contribution is 2.19. The van der Waals surface area contributed by atoms with E-state index in [0.29, 0.717) is 19.4 Å². The molecule has 1 N–H and O–H groups in total. The van der Waals surface area contributed by atoms with E-state index < -0.39 is 0 Å². The predicted molar refractivity (Wildman–Crippen MR) is 70.9 cm³/mol. The summed E-state index contributed by atoms with van der Waals surface area (Å²) in [6.07, 6.45) is 2.73. The molecule has 0 unspecified atom stereocenters. The fourth-order valence-electron chi connectivity index (χ4n) is 1.41. The first-order valence-corrected chi connectivity index (χ1v) is 6.93. The second kappa shape index (κ2) is 6.02. The Kier molecular flexibility index (Phi) is 4.39. The lowest BCUT2D eigenvalue weighted by molar-refractivity contribution is -0.121. The van der Waals surface area contributed by atoms with Crippen molar-refractivity contribution in [3.05, 3.63) is 45.0 Å². The SMILES string of the molecule is O=C(CCc1ccco1)NCc1cc(Br)cs1. The molecule has 0 aromatic carbocycles.